The van der Waals surface area contributed by atoms with Crippen LogP contribution in [-0.2, 0) is 9.47 Å². The second-order valence-electron chi connectivity index (χ2n) is 14.8. The molecule has 0 aromatic heterocycles. The molecule has 0 aliphatic carbocycles. The van der Waals surface area contributed by atoms with E-state index in [0.29, 0.717) is 0 Å². The lowest BCUT2D eigenvalue weighted by Crippen LogP contribution is -2.49. The molecule has 43 heavy (non-hydrogen) atoms. The fourth-order valence-corrected chi connectivity index (χ4v) is 5.59. The molecule has 0 radical (unpaired) electrons. The van der Waals surface area contributed by atoms with Crippen LogP contribution in [0.2, 0.25) is 0 Å². The summed E-state index contributed by atoms with van der Waals surface area (Å²) in [7, 11) is 11.6. The van der Waals surface area contributed by atoms with Crippen molar-refractivity contribution in [2.24, 2.45) is 0 Å². The Balaban J connectivity index is 4.18. The van der Waals surface area contributed by atoms with Gasteiger partial charge in [0.05, 0.1) is 54.9 Å². The summed E-state index contributed by atoms with van der Waals surface area (Å²) < 4.78 is 14.7. The first-order chi connectivity index (χ1) is 20.7. The highest BCUT2D eigenvalue weighted by molar-refractivity contribution is 4.81. The topological polar surface area (TPSA) is 18.5 Å². The van der Waals surface area contributed by atoms with E-state index in [9.17, 15) is 0 Å². The highest BCUT2D eigenvalue weighted by atomic mass is 16.5. The molecule has 0 spiro atoms. The van der Waals surface area contributed by atoms with Crippen LogP contribution in [0.4, 0.5) is 0 Å². The third-order valence-corrected chi connectivity index (χ3v) is 8.40. The van der Waals surface area contributed by atoms with E-state index in [1.807, 2.05) is 0 Å². The smallest absolute Gasteiger partial charge is 0.130 e. The summed E-state index contributed by atoms with van der Waals surface area (Å²) in [5.41, 5.74) is 0. The van der Waals surface area contributed by atoms with E-state index in [0.717, 1.165) is 35.3 Å². The molecule has 0 saturated heterocycles. The second-order valence-corrected chi connectivity index (χ2v) is 14.8. The minimum atomic E-state index is 0.198. The zero-order chi connectivity index (χ0) is 31.9. The summed E-state index contributed by atoms with van der Waals surface area (Å²) in [5.74, 6) is 0. The lowest BCUT2D eigenvalue weighted by molar-refractivity contribution is -0.904. The minimum Gasteiger partial charge on any atom is -0.379 e. The van der Waals surface area contributed by atoms with Crippen molar-refractivity contribution >= 4 is 0 Å². The van der Waals surface area contributed by atoms with Gasteiger partial charge in [0.15, 0.2) is 0 Å². The number of quaternary nitrogens is 2. The molecule has 0 bridgehead atoms. The number of hydrogen-bond donors (Lipinski definition) is 0. The van der Waals surface area contributed by atoms with Gasteiger partial charge in [-0.1, -0.05) is 115 Å². The maximum absolute atomic E-state index is 6.47. The molecule has 4 heteroatoms. The molecule has 0 rings (SSSR count). The summed E-state index contributed by atoms with van der Waals surface area (Å²) >= 11 is 0. The van der Waals surface area contributed by atoms with E-state index in [-0.39, 0.29) is 6.10 Å². The maximum Gasteiger partial charge on any atom is 0.130 e. The molecule has 0 heterocycles. The van der Waals surface area contributed by atoms with Crippen LogP contribution >= 0.6 is 0 Å². The first kappa shape index (κ1) is 42.3. The van der Waals surface area contributed by atoms with Gasteiger partial charge in [0.2, 0.25) is 0 Å². The molecule has 4 nitrogen and oxygen atoms in total. The van der Waals surface area contributed by atoms with Gasteiger partial charge in [0.25, 0.3) is 0 Å². The number of ether oxygens (including phenoxy) is 2. The van der Waals surface area contributed by atoms with Crippen molar-refractivity contribution in [3.63, 3.8) is 0 Å². The highest BCUT2D eigenvalue weighted by Crippen LogP contribution is 2.12. The maximum atomic E-state index is 6.47. The molecule has 0 aromatic carbocycles. The summed E-state index contributed by atoms with van der Waals surface area (Å²) in [6, 6.07) is 0. The Kier molecular flexibility index (Phi) is 29.5. The van der Waals surface area contributed by atoms with Crippen LogP contribution in [0, 0.1) is 0 Å². The zero-order valence-corrected chi connectivity index (χ0v) is 30.7. The molecular weight excluding hydrogens is 528 g/mol. The lowest BCUT2D eigenvalue weighted by atomic mass is 10.1. The molecule has 0 aromatic rings. The monoisotopic (exact) mass is 609 g/mol. The second kappa shape index (κ2) is 30.0. The number of unbranched alkanes of at least 4 members (excludes halogenated alkanes) is 16. The Morgan fingerprint density at radius 2 is 0.930 bits per heavy atom. The van der Waals surface area contributed by atoms with Crippen LogP contribution < -0.4 is 0 Å². The van der Waals surface area contributed by atoms with Crippen molar-refractivity contribution in [2.45, 2.75) is 155 Å². The van der Waals surface area contributed by atoms with Crippen molar-refractivity contribution in [1.82, 2.24) is 0 Å². The van der Waals surface area contributed by atoms with E-state index in [4.69, 9.17) is 9.47 Å². The largest absolute Gasteiger partial charge is 0.379 e. The van der Waals surface area contributed by atoms with Gasteiger partial charge < -0.3 is 18.4 Å². The Morgan fingerprint density at radius 3 is 1.42 bits per heavy atom. The molecule has 0 N–H and O–H groups in total. The molecule has 256 valence electrons. The Hall–Kier alpha value is -0.680. The van der Waals surface area contributed by atoms with E-state index in [1.54, 1.807) is 0 Å². The van der Waals surface area contributed by atoms with Gasteiger partial charge in [0, 0.05) is 19.6 Å². The highest BCUT2D eigenvalue weighted by Gasteiger charge is 2.24. The van der Waals surface area contributed by atoms with Crippen LogP contribution in [0.25, 0.3) is 0 Å². The number of allylic oxidation sites excluding steroid dienone is 4. The third-order valence-electron chi connectivity index (χ3n) is 8.40. The molecular formula is C39H80N2O2+2. The number of hydrogen-bond acceptors (Lipinski definition) is 2. The summed E-state index contributed by atoms with van der Waals surface area (Å²) in [6.45, 7) is 10.5. The molecule has 0 aliphatic heterocycles. The van der Waals surface area contributed by atoms with E-state index in [2.05, 4.69) is 73.4 Å². The first-order valence-electron chi connectivity index (χ1n) is 18.8. The van der Waals surface area contributed by atoms with Gasteiger partial charge in [0.1, 0.15) is 12.6 Å². The quantitative estimate of drug-likeness (QED) is 0.0419. The SMILES string of the molecule is CCCCC=CCCCCCCCCOCC(C[N+](C)(C)CCC[N+](C)(C)C)OCCCCCCCCC=CCCCC. The molecule has 0 amide bonds. The van der Waals surface area contributed by atoms with Crippen LogP contribution in [0.5, 0.6) is 0 Å². The predicted octanol–water partition coefficient (Wildman–Crippen LogP) is 10.5. The summed E-state index contributed by atoms with van der Waals surface area (Å²) in [4.78, 5) is 0. The minimum absolute atomic E-state index is 0.198. The van der Waals surface area contributed by atoms with Gasteiger partial charge in [-0.3, -0.25) is 0 Å². The number of likely N-dealkylation sites (N-methyl/N-ethyl adjacent to an activating group) is 1. The van der Waals surface area contributed by atoms with Gasteiger partial charge in [-0.2, -0.15) is 0 Å². The first-order valence-corrected chi connectivity index (χ1v) is 18.8. The van der Waals surface area contributed by atoms with Crippen LogP contribution in [0.3, 0.4) is 0 Å². The fourth-order valence-electron chi connectivity index (χ4n) is 5.59. The Labute approximate surface area is 271 Å². The Bertz CT molecular complexity index is 623. The van der Waals surface area contributed by atoms with E-state index < -0.39 is 0 Å². The van der Waals surface area contributed by atoms with Gasteiger partial charge in [-0.05, 0) is 51.4 Å². The van der Waals surface area contributed by atoms with Gasteiger partial charge >= 0.3 is 0 Å². The molecule has 0 saturated carbocycles. The van der Waals surface area contributed by atoms with E-state index >= 15 is 0 Å². The third kappa shape index (κ3) is 34.0. The standard InChI is InChI=1S/C39H80N2O2/c1-8-10-12-14-16-18-20-22-24-26-28-30-35-42-38-39(37-41(6,7)34-32-33-40(3,4)5)43-36-31-29-27-25-23-21-19-17-15-13-11-9-2/h14-17,39H,8-13,18-38H2,1-7H3/q+2. The van der Waals surface area contributed by atoms with Gasteiger partial charge in [-0.15, -0.1) is 0 Å². The van der Waals surface area contributed by atoms with Crippen LogP contribution in [0.1, 0.15) is 149 Å². The normalized spacial score (nSPS) is 13.6. The average Bonchev–Trinajstić information content (AvgIpc) is 2.94. The number of nitrogens with zero attached hydrogens (tertiary/aromatic N) is 2. The van der Waals surface area contributed by atoms with Crippen molar-refractivity contribution < 1.29 is 18.4 Å². The average molecular weight is 609 g/mol. The van der Waals surface area contributed by atoms with Crippen molar-refractivity contribution in [1.29, 1.82) is 0 Å². The van der Waals surface area contributed by atoms with E-state index in [1.165, 1.54) is 148 Å². The van der Waals surface area contributed by atoms with Crippen molar-refractivity contribution in [2.75, 3.05) is 74.7 Å². The fraction of sp³-hybridized carbons (Fsp3) is 0.897. The molecule has 0 fully saturated rings. The van der Waals surface area contributed by atoms with Crippen molar-refractivity contribution in [3.8, 4) is 0 Å². The zero-order valence-electron chi connectivity index (χ0n) is 30.7. The summed E-state index contributed by atoms with van der Waals surface area (Å²) in [5, 5.41) is 0. The molecule has 0 aliphatic rings. The van der Waals surface area contributed by atoms with Crippen molar-refractivity contribution in [3.05, 3.63) is 24.3 Å². The summed E-state index contributed by atoms with van der Waals surface area (Å²) in [6.07, 6.45) is 37.0. The van der Waals surface area contributed by atoms with Crippen LogP contribution in [0.15, 0.2) is 24.3 Å². The molecule has 1 unspecified atom stereocenters. The molecule has 1 atom stereocenters. The lowest BCUT2D eigenvalue weighted by Gasteiger charge is -2.34. The number of rotatable bonds is 33. The predicted molar refractivity (Wildman–Crippen MR) is 192 cm³/mol. The van der Waals surface area contributed by atoms with Crippen LogP contribution in [-0.4, -0.2) is 89.8 Å². The van der Waals surface area contributed by atoms with Gasteiger partial charge in [-0.25, -0.2) is 0 Å². The Morgan fingerprint density at radius 1 is 0.488 bits per heavy atom.